The van der Waals surface area contributed by atoms with E-state index in [0.29, 0.717) is 10.6 Å². The lowest BCUT2D eigenvalue weighted by Crippen LogP contribution is -2.28. The number of hydrogen-bond acceptors (Lipinski definition) is 2. The van der Waals surface area contributed by atoms with E-state index in [1.54, 1.807) is 6.07 Å². The fraction of sp³-hybridized carbons (Fsp3) is 0.250. The minimum atomic E-state index is -0.305. The molecule has 2 aromatic rings. The topological polar surface area (TPSA) is 38.0 Å². The quantitative estimate of drug-likeness (QED) is 0.647. The SMILES string of the molecule is Cc1cccc(CCC(NN)c2cc(F)ccc2Cl)c1. The molecule has 1 unspecified atom stereocenters. The van der Waals surface area contributed by atoms with Crippen LogP contribution in [0, 0.1) is 12.7 Å². The number of hydrogen-bond donors (Lipinski definition) is 2. The van der Waals surface area contributed by atoms with E-state index in [0.717, 1.165) is 12.8 Å². The van der Waals surface area contributed by atoms with E-state index in [9.17, 15) is 4.39 Å². The molecule has 106 valence electrons. The molecule has 2 nitrogen and oxygen atoms in total. The molecule has 0 aliphatic carbocycles. The second-order valence-corrected chi connectivity index (χ2v) is 5.32. The van der Waals surface area contributed by atoms with Crippen molar-refractivity contribution in [3.05, 3.63) is 70.0 Å². The van der Waals surface area contributed by atoms with Crippen LogP contribution in [0.5, 0.6) is 0 Å². The van der Waals surface area contributed by atoms with Crippen LogP contribution in [0.4, 0.5) is 4.39 Å². The van der Waals surface area contributed by atoms with E-state index in [4.69, 9.17) is 17.4 Å². The number of nitrogens with one attached hydrogen (secondary N) is 1. The van der Waals surface area contributed by atoms with Gasteiger partial charge in [0.25, 0.3) is 0 Å². The highest BCUT2D eigenvalue weighted by Gasteiger charge is 2.14. The number of nitrogens with two attached hydrogens (primary N) is 1. The fourth-order valence-corrected chi connectivity index (χ4v) is 2.54. The van der Waals surface area contributed by atoms with Crippen molar-refractivity contribution in [1.29, 1.82) is 0 Å². The Morgan fingerprint density at radius 1 is 1.25 bits per heavy atom. The predicted molar refractivity (Wildman–Crippen MR) is 81.0 cm³/mol. The van der Waals surface area contributed by atoms with E-state index in [-0.39, 0.29) is 11.9 Å². The summed E-state index contributed by atoms with van der Waals surface area (Å²) in [6.45, 7) is 2.06. The summed E-state index contributed by atoms with van der Waals surface area (Å²) in [5.74, 6) is 5.28. The summed E-state index contributed by atoms with van der Waals surface area (Å²) in [7, 11) is 0. The van der Waals surface area contributed by atoms with Gasteiger partial charge >= 0.3 is 0 Å². The second-order valence-electron chi connectivity index (χ2n) is 4.91. The average Bonchev–Trinajstić information content (AvgIpc) is 2.43. The zero-order valence-electron chi connectivity index (χ0n) is 11.4. The largest absolute Gasteiger partial charge is 0.271 e. The summed E-state index contributed by atoms with van der Waals surface area (Å²) >= 11 is 6.11. The zero-order valence-corrected chi connectivity index (χ0v) is 12.1. The molecular weight excluding hydrogens is 275 g/mol. The van der Waals surface area contributed by atoms with Crippen molar-refractivity contribution in [2.75, 3.05) is 0 Å². The van der Waals surface area contributed by atoms with Crippen molar-refractivity contribution >= 4 is 11.6 Å². The summed E-state index contributed by atoms with van der Waals surface area (Å²) < 4.78 is 13.3. The average molecular weight is 293 g/mol. The maximum absolute atomic E-state index is 13.3. The Morgan fingerprint density at radius 3 is 2.75 bits per heavy atom. The minimum Gasteiger partial charge on any atom is -0.271 e. The third kappa shape index (κ3) is 3.79. The number of benzene rings is 2. The molecule has 2 aromatic carbocycles. The fourth-order valence-electron chi connectivity index (χ4n) is 2.29. The van der Waals surface area contributed by atoms with Crippen LogP contribution in [-0.4, -0.2) is 0 Å². The molecule has 0 aliphatic heterocycles. The Morgan fingerprint density at radius 2 is 2.05 bits per heavy atom. The van der Waals surface area contributed by atoms with Crippen LogP contribution in [-0.2, 0) is 6.42 Å². The van der Waals surface area contributed by atoms with Crippen molar-refractivity contribution in [3.63, 3.8) is 0 Å². The number of halogens is 2. The highest BCUT2D eigenvalue weighted by molar-refractivity contribution is 6.31. The first-order valence-electron chi connectivity index (χ1n) is 6.57. The monoisotopic (exact) mass is 292 g/mol. The molecule has 0 radical (unpaired) electrons. The van der Waals surface area contributed by atoms with Gasteiger partial charge in [-0.3, -0.25) is 11.3 Å². The van der Waals surface area contributed by atoms with Gasteiger partial charge in [0, 0.05) is 11.1 Å². The van der Waals surface area contributed by atoms with Crippen molar-refractivity contribution in [1.82, 2.24) is 5.43 Å². The van der Waals surface area contributed by atoms with Gasteiger partial charge in [0.15, 0.2) is 0 Å². The Balaban J connectivity index is 2.11. The number of rotatable bonds is 5. The van der Waals surface area contributed by atoms with E-state index >= 15 is 0 Å². The zero-order chi connectivity index (χ0) is 14.5. The minimum absolute atomic E-state index is 0.168. The second kappa shape index (κ2) is 6.84. The molecule has 0 heterocycles. The van der Waals surface area contributed by atoms with Gasteiger partial charge in [-0.15, -0.1) is 0 Å². The van der Waals surface area contributed by atoms with E-state index in [1.165, 1.54) is 23.3 Å². The molecule has 1 atom stereocenters. The summed E-state index contributed by atoms with van der Waals surface area (Å²) in [6.07, 6.45) is 1.60. The third-order valence-corrected chi connectivity index (χ3v) is 3.68. The van der Waals surface area contributed by atoms with Crippen molar-refractivity contribution in [2.45, 2.75) is 25.8 Å². The van der Waals surface area contributed by atoms with Crippen LogP contribution >= 0.6 is 11.6 Å². The normalized spacial score (nSPS) is 12.4. The summed E-state index contributed by atoms with van der Waals surface area (Å²) in [5, 5.41) is 0.526. The smallest absolute Gasteiger partial charge is 0.123 e. The molecule has 0 amide bonds. The van der Waals surface area contributed by atoms with Crippen LogP contribution in [0.15, 0.2) is 42.5 Å². The summed E-state index contributed by atoms with van der Waals surface area (Å²) in [4.78, 5) is 0. The molecule has 4 heteroatoms. The first-order valence-corrected chi connectivity index (χ1v) is 6.94. The molecule has 0 fully saturated rings. The molecule has 20 heavy (non-hydrogen) atoms. The predicted octanol–water partition coefficient (Wildman–Crippen LogP) is 3.92. The first kappa shape index (κ1) is 15.0. The Kier molecular flexibility index (Phi) is 5.12. The molecule has 0 saturated carbocycles. The van der Waals surface area contributed by atoms with Gasteiger partial charge in [0.05, 0.1) is 0 Å². The molecule has 2 rings (SSSR count). The van der Waals surface area contributed by atoms with Crippen LogP contribution in [0.3, 0.4) is 0 Å². The van der Waals surface area contributed by atoms with Crippen LogP contribution in [0.25, 0.3) is 0 Å². The van der Waals surface area contributed by atoms with E-state index in [1.807, 2.05) is 6.07 Å². The van der Waals surface area contributed by atoms with Crippen molar-refractivity contribution in [2.24, 2.45) is 5.84 Å². The van der Waals surface area contributed by atoms with Gasteiger partial charge in [-0.25, -0.2) is 4.39 Å². The molecule has 0 aliphatic rings. The summed E-state index contributed by atoms with van der Waals surface area (Å²) in [6, 6.07) is 12.5. The molecule has 0 bridgehead atoms. The number of hydrazine groups is 1. The first-order chi connectivity index (χ1) is 9.60. The van der Waals surface area contributed by atoms with Gasteiger partial charge in [0.1, 0.15) is 5.82 Å². The molecule has 0 spiro atoms. The highest BCUT2D eigenvalue weighted by Crippen LogP contribution is 2.26. The van der Waals surface area contributed by atoms with E-state index in [2.05, 4.69) is 30.5 Å². The van der Waals surface area contributed by atoms with Gasteiger partial charge in [-0.05, 0) is 49.1 Å². The Bertz CT molecular complexity index is 586. The lowest BCUT2D eigenvalue weighted by atomic mass is 9.98. The Hall–Kier alpha value is -1.42. The van der Waals surface area contributed by atoms with E-state index < -0.39 is 0 Å². The van der Waals surface area contributed by atoms with Crippen molar-refractivity contribution < 1.29 is 4.39 Å². The van der Waals surface area contributed by atoms with Crippen LogP contribution in [0.2, 0.25) is 5.02 Å². The Labute approximate surface area is 123 Å². The lowest BCUT2D eigenvalue weighted by Gasteiger charge is -2.18. The molecule has 3 N–H and O–H groups in total. The lowest BCUT2D eigenvalue weighted by molar-refractivity contribution is 0.512. The maximum atomic E-state index is 13.3. The standard InChI is InChI=1S/C16H18ClFN2/c1-11-3-2-4-12(9-11)5-8-16(20-19)14-10-13(18)6-7-15(14)17/h2-4,6-7,9-10,16,20H,5,8,19H2,1H3. The van der Waals surface area contributed by atoms with Crippen molar-refractivity contribution in [3.8, 4) is 0 Å². The molecular formula is C16H18ClFN2. The van der Waals surface area contributed by atoms with Crippen LogP contribution in [0.1, 0.15) is 29.2 Å². The maximum Gasteiger partial charge on any atom is 0.123 e. The molecule has 0 aromatic heterocycles. The van der Waals surface area contributed by atoms with Gasteiger partial charge in [0.2, 0.25) is 0 Å². The summed E-state index contributed by atoms with van der Waals surface area (Å²) in [5.41, 5.74) is 5.88. The third-order valence-electron chi connectivity index (χ3n) is 3.34. The van der Waals surface area contributed by atoms with Gasteiger partial charge in [-0.2, -0.15) is 0 Å². The highest BCUT2D eigenvalue weighted by atomic mass is 35.5. The van der Waals surface area contributed by atoms with Gasteiger partial charge in [-0.1, -0.05) is 41.4 Å². The number of aryl methyl sites for hydroxylation is 2. The van der Waals surface area contributed by atoms with Gasteiger partial charge < -0.3 is 0 Å². The molecule has 0 saturated heterocycles. The van der Waals surface area contributed by atoms with Crippen LogP contribution < -0.4 is 11.3 Å².